The van der Waals surface area contributed by atoms with Gasteiger partial charge in [-0.2, -0.15) is 5.26 Å². The number of carbonyl (C=O) groups excluding carboxylic acids is 1. The third kappa shape index (κ3) is 2.66. The van der Waals surface area contributed by atoms with Gasteiger partial charge in [0.25, 0.3) is 0 Å². The average molecular weight is 312 g/mol. The molecule has 1 aliphatic heterocycles. The fourth-order valence-corrected chi connectivity index (χ4v) is 2.73. The van der Waals surface area contributed by atoms with E-state index in [2.05, 4.69) is 15.3 Å². The minimum Gasteiger partial charge on any atom is -0.368 e. The summed E-state index contributed by atoms with van der Waals surface area (Å²) in [5, 5.41) is 16.5. The number of rotatable bonds is 4. The lowest BCUT2D eigenvalue weighted by molar-refractivity contribution is -0.165. The Bertz CT molecular complexity index is 755. The van der Waals surface area contributed by atoms with Crippen LogP contribution in [0.1, 0.15) is 17.0 Å². The number of nitrogens with zero attached hydrogens (tertiary/aromatic N) is 6. The number of carbonyl (C=O) groups is 1. The first kappa shape index (κ1) is 15.1. The van der Waals surface area contributed by atoms with Crippen LogP contribution >= 0.6 is 0 Å². The lowest BCUT2D eigenvalue weighted by atomic mass is 9.89. The maximum absolute atomic E-state index is 12.3. The van der Waals surface area contributed by atoms with Crippen LogP contribution in [-0.4, -0.2) is 51.0 Å². The molecule has 0 atom stereocenters. The molecular formula is C15H16N6O2. The quantitative estimate of drug-likeness (QED) is 0.789. The van der Waals surface area contributed by atoms with Crippen LogP contribution in [0.4, 0.5) is 0 Å². The second-order valence-corrected chi connectivity index (χ2v) is 5.53. The highest BCUT2D eigenvalue weighted by atomic mass is 16.5. The summed E-state index contributed by atoms with van der Waals surface area (Å²) in [6.45, 7) is 0.931. The molecule has 0 spiro atoms. The first-order valence-corrected chi connectivity index (χ1v) is 7.11. The van der Waals surface area contributed by atoms with E-state index in [0.29, 0.717) is 18.8 Å². The number of nitriles is 1. The molecule has 3 heterocycles. The first-order chi connectivity index (χ1) is 11.1. The molecule has 1 aliphatic rings. The monoisotopic (exact) mass is 312 g/mol. The molecule has 0 radical (unpaired) electrons. The number of methoxy groups -OCH3 is 1. The van der Waals surface area contributed by atoms with Gasteiger partial charge in [0.2, 0.25) is 5.91 Å². The summed E-state index contributed by atoms with van der Waals surface area (Å²) < 4.78 is 7.28. The molecule has 0 aromatic carbocycles. The molecule has 8 nitrogen and oxygen atoms in total. The lowest BCUT2D eigenvalue weighted by Gasteiger charge is -2.48. The summed E-state index contributed by atoms with van der Waals surface area (Å²) in [6, 6.07) is 5.31. The summed E-state index contributed by atoms with van der Waals surface area (Å²) in [5.74, 6) is -0.000639. The largest absolute Gasteiger partial charge is 0.368 e. The number of ether oxygens (including phenoxy) is 1. The van der Waals surface area contributed by atoms with E-state index in [1.807, 2.05) is 6.07 Å². The zero-order valence-corrected chi connectivity index (χ0v) is 12.9. The van der Waals surface area contributed by atoms with Crippen LogP contribution in [0.5, 0.6) is 0 Å². The molecule has 0 bridgehead atoms. The number of hydrogen-bond acceptors (Lipinski definition) is 6. The predicted octanol–water partition coefficient (Wildman–Crippen LogP) is 0.00838. The minimum atomic E-state index is -0.545. The molecule has 0 saturated carbocycles. The van der Waals surface area contributed by atoms with E-state index < -0.39 is 5.60 Å². The Morgan fingerprint density at radius 3 is 2.74 bits per heavy atom. The standard InChI is InChI=1S/C15H16N6O2/c1-20-13(8-18-19-20)15(23-2)9-21(10-15)14(22)5-11-3-4-12(6-16)17-7-11/h3-4,7-8H,5,9-10H2,1-2H3. The van der Waals surface area contributed by atoms with Crippen molar-refractivity contribution in [3.05, 3.63) is 41.5 Å². The van der Waals surface area contributed by atoms with Crippen LogP contribution in [0.25, 0.3) is 0 Å². The van der Waals surface area contributed by atoms with Crippen LogP contribution < -0.4 is 0 Å². The van der Waals surface area contributed by atoms with Crippen molar-refractivity contribution < 1.29 is 9.53 Å². The highest BCUT2D eigenvalue weighted by Gasteiger charge is 2.49. The Hall–Kier alpha value is -2.79. The maximum atomic E-state index is 12.3. The van der Waals surface area contributed by atoms with Crippen molar-refractivity contribution in [2.45, 2.75) is 12.0 Å². The summed E-state index contributed by atoms with van der Waals surface area (Å²) in [7, 11) is 3.43. The van der Waals surface area contributed by atoms with Gasteiger partial charge in [-0.3, -0.25) is 4.79 Å². The van der Waals surface area contributed by atoms with Gasteiger partial charge in [-0.05, 0) is 11.6 Å². The van der Waals surface area contributed by atoms with Crippen molar-refractivity contribution >= 4 is 5.91 Å². The summed E-state index contributed by atoms with van der Waals surface area (Å²) in [6.07, 6.45) is 3.48. The van der Waals surface area contributed by atoms with Crippen molar-refractivity contribution in [3.63, 3.8) is 0 Å². The third-order valence-electron chi connectivity index (χ3n) is 4.11. The molecule has 118 valence electrons. The van der Waals surface area contributed by atoms with Crippen LogP contribution in [0.2, 0.25) is 0 Å². The second-order valence-electron chi connectivity index (χ2n) is 5.53. The van der Waals surface area contributed by atoms with Crippen molar-refractivity contribution in [3.8, 4) is 6.07 Å². The van der Waals surface area contributed by atoms with E-state index in [0.717, 1.165) is 11.3 Å². The second kappa shape index (κ2) is 5.78. The maximum Gasteiger partial charge on any atom is 0.227 e. The van der Waals surface area contributed by atoms with E-state index in [-0.39, 0.29) is 12.3 Å². The van der Waals surface area contributed by atoms with Gasteiger partial charge < -0.3 is 9.64 Å². The van der Waals surface area contributed by atoms with Crippen LogP contribution in [0, 0.1) is 11.3 Å². The number of hydrogen-bond donors (Lipinski definition) is 0. The molecular weight excluding hydrogens is 296 g/mol. The summed E-state index contributed by atoms with van der Waals surface area (Å²) in [4.78, 5) is 18.1. The first-order valence-electron chi connectivity index (χ1n) is 7.11. The number of amides is 1. The minimum absolute atomic E-state index is 0.000639. The van der Waals surface area contributed by atoms with Gasteiger partial charge in [0.05, 0.1) is 31.4 Å². The highest BCUT2D eigenvalue weighted by molar-refractivity contribution is 5.80. The molecule has 3 rings (SSSR count). The number of pyridine rings is 1. The Labute approximate surface area is 133 Å². The average Bonchev–Trinajstić information content (AvgIpc) is 2.94. The highest BCUT2D eigenvalue weighted by Crippen LogP contribution is 2.34. The summed E-state index contributed by atoms with van der Waals surface area (Å²) in [5.41, 5.74) is 1.43. The Balaban J connectivity index is 1.65. The molecule has 23 heavy (non-hydrogen) atoms. The van der Waals surface area contributed by atoms with E-state index >= 15 is 0 Å². The fourth-order valence-electron chi connectivity index (χ4n) is 2.73. The van der Waals surface area contributed by atoms with Gasteiger partial charge in [0.15, 0.2) is 0 Å². The zero-order valence-electron chi connectivity index (χ0n) is 12.9. The van der Waals surface area contributed by atoms with E-state index in [4.69, 9.17) is 10.00 Å². The van der Waals surface area contributed by atoms with Gasteiger partial charge >= 0.3 is 0 Å². The van der Waals surface area contributed by atoms with Crippen molar-refractivity contribution in [2.24, 2.45) is 7.05 Å². The lowest BCUT2D eigenvalue weighted by Crippen LogP contribution is -2.63. The van der Waals surface area contributed by atoms with Crippen LogP contribution in [0.15, 0.2) is 24.5 Å². The van der Waals surface area contributed by atoms with Gasteiger partial charge in [-0.25, -0.2) is 9.67 Å². The van der Waals surface area contributed by atoms with Crippen LogP contribution in [0.3, 0.4) is 0 Å². The molecule has 1 saturated heterocycles. The van der Waals surface area contributed by atoms with E-state index in [9.17, 15) is 4.79 Å². The van der Waals surface area contributed by atoms with Gasteiger partial charge in [0.1, 0.15) is 17.4 Å². The Kier molecular flexibility index (Phi) is 3.80. The van der Waals surface area contributed by atoms with E-state index in [1.54, 1.807) is 48.3 Å². The van der Waals surface area contributed by atoms with Crippen LogP contribution in [-0.2, 0) is 28.6 Å². The zero-order chi connectivity index (χ0) is 16.4. The number of aromatic nitrogens is 4. The fraction of sp³-hybridized carbons (Fsp3) is 0.400. The van der Waals surface area contributed by atoms with Gasteiger partial charge in [-0.15, -0.1) is 5.10 Å². The van der Waals surface area contributed by atoms with Gasteiger partial charge in [-0.1, -0.05) is 11.3 Å². The molecule has 0 N–H and O–H groups in total. The third-order valence-corrected chi connectivity index (χ3v) is 4.11. The topological polar surface area (TPSA) is 96.9 Å². The molecule has 0 unspecified atom stereocenters. The number of aryl methyl sites for hydroxylation is 1. The molecule has 1 amide bonds. The Morgan fingerprint density at radius 2 is 2.22 bits per heavy atom. The molecule has 1 fully saturated rings. The SMILES string of the molecule is COC1(c2cnnn2C)CN(C(=O)Cc2ccc(C#N)nc2)C1. The van der Waals surface area contributed by atoms with E-state index in [1.165, 1.54) is 0 Å². The smallest absolute Gasteiger partial charge is 0.227 e. The van der Waals surface area contributed by atoms with Crippen molar-refractivity contribution in [1.82, 2.24) is 24.9 Å². The molecule has 0 aliphatic carbocycles. The van der Waals surface area contributed by atoms with Crippen molar-refractivity contribution in [1.29, 1.82) is 5.26 Å². The van der Waals surface area contributed by atoms with Gasteiger partial charge in [0, 0.05) is 20.4 Å². The normalized spacial score (nSPS) is 15.8. The molecule has 2 aromatic rings. The molecule has 2 aromatic heterocycles. The molecule has 8 heteroatoms. The summed E-state index contributed by atoms with van der Waals surface area (Å²) >= 11 is 0. The number of likely N-dealkylation sites (tertiary alicyclic amines) is 1. The Morgan fingerprint density at radius 1 is 1.43 bits per heavy atom. The predicted molar refractivity (Wildman–Crippen MR) is 78.9 cm³/mol. The van der Waals surface area contributed by atoms with Crippen molar-refractivity contribution in [2.75, 3.05) is 20.2 Å².